The molecule has 3 heterocycles. The SMILES string of the molecule is C/C=C\C(=O)NCCn1ncc2c(N3CCCC3)nc(SC(C)C)nc21. The van der Waals surface area contributed by atoms with E-state index in [0.717, 1.165) is 35.1 Å². The van der Waals surface area contributed by atoms with Crippen LogP contribution in [0.2, 0.25) is 0 Å². The van der Waals surface area contributed by atoms with Crippen molar-refractivity contribution >= 4 is 34.5 Å². The summed E-state index contributed by atoms with van der Waals surface area (Å²) in [5.41, 5.74) is 0.838. The van der Waals surface area contributed by atoms with Crippen molar-refractivity contribution in [3.63, 3.8) is 0 Å². The van der Waals surface area contributed by atoms with Crippen molar-refractivity contribution in [1.82, 2.24) is 25.1 Å². The van der Waals surface area contributed by atoms with E-state index in [0.29, 0.717) is 18.3 Å². The lowest BCUT2D eigenvalue weighted by atomic mass is 10.3. The maximum absolute atomic E-state index is 11.6. The number of anilines is 1. The Labute approximate surface area is 158 Å². The molecular formula is C18H26N6OS. The molecule has 0 radical (unpaired) electrons. The Bertz CT molecular complexity index is 794. The van der Waals surface area contributed by atoms with E-state index in [-0.39, 0.29) is 5.91 Å². The van der Waals surface area contributed by atoms with E-state index in [4.69, 9.17) is 9.97 Å². The van der Waals surface area contributed by atoms with Crippen molar-refractivity contribution < 1.29 is 4.79 Å². The van der Waals surface area contributed by atoms with Gasteiger partial charge in [-0.3, -0.25) is 4.79 Å². The highest BCUT2D eigenvalue weighted by Gasteiger charge is 2.21. The average molecular weight is 375 g/mol. The molecular weight excluding hydrogens is 348 g/mol. The number of fused-ring (bicyclic) bond motifs is 1. The fraction of sp³-hybridized carbons (Fsp3) is 0.556. The number of allylic oxidation sites excluding steroid dienone is 1. The van der Waals surface area contributed by atoms with Gasteiger partial charge in [-0.15, -0.1) is 0 Å². The summed E-state index contributed by atoms with van der Waals surface area (Å²) in [5, 5.41) is 9.54. The molecule has 0 atom stereocenters. The van der Waals surface area contributed by atoms with Gasteiger partial charge in [0, 0.05) is 24.9 Å². The van der Waals surface area contributed by atoms with Gasteiger partial charge in [-0.1, -0.05) is 31.7 Å². The van der Waals surface area contributed by atoms with Crippen molar-refractivity contribution in [1.29, 1.82) is 0 Å². The van der Waals surface area contributed by atoms with Gasteiger partial charge >= 0.3 is 0 Å². The third kappa shape index (κ3) is 4.35. The van der Waals surface area contributed by atoms with Gasteiger partial charge in [-0.2, -0.15) is 5.10 Å². The first-order chi connectivity index (χ1) is 12.6. The lowest BCUT2D eigenvalue weighted by Crippen LogP contribution is -2.26. The van der Waals surface area contributed by atoms with Gasteiger partial charge < -0.3 is 10.2 Å². The molecule has 1 aliphatic rings. The average Bonchev–Trinajstić information content (AvgIpc) is 3.24. The predicted molar refractivity (Wildman–Crippen MR) is 106 cm³/mol. The van der Waals surface area contributed by atoms with Crippen LogP contribution in [0, 0.1) is 0 Å². The number of thioether (sulfide) groups is 1. The predicted octanol–water partition coefficient (Wildman–Crippen LogP) is 2.62. The molecule has 1 aliphatic heterocycles. The van der Waals surface area contributed by atoms with E-state index in [9.17, 15) is 4.79 Å². The first kappa shape index (κ1) is 18.7. The number of hydrogen-bond acceptors (Lipinski definition) is 6. The second-order valence-corrected chi connectivity index (χ2v) is 8.13. The molecule has 0 aromatic carbocycles. The zero-order valence-electron chi connectivity index (χ0n) is 15.6. The Morgan fingerprint density at radius 2 is 2.12 bits per heavy atom. The van der Waals surface area contributed by atoms with Crippen molar-refractivity contribution in [2.24, 2.45) is 0 Å². The molecule has 1 amide bonds. The molecule has 0 saturated carbocycles. The topological polar surface area (TPSA) is 75.9 Å². The Morgan fingerprint density at radius 1 is 1.35 bits per heavy atom. The third-order valence-corrected chi connectivity index (χ3v) is 5.01. The zero-order valence-corrected chi connectivity index (χ0v) is 16.4. The highest BCUT2D eigenvalue weighted by atomic mass is 32.2. The first-order valence-corrected chi connectivity index (χ1v) is 10.0. The van der Waals surface area contributed by atoms with Crippen LogP contribution in [0.1, 0.15) is 33.6 Å². The van der Waals surface area contributed by atoms with Crippen LogP contribution < -0.4 is 10.2 Å². The maximum Gasteiger partial charge on any atom is 0.243 e. The second-order valence-electron chi connectivity index (χ2n) is 6.59. The quantitative estimate of drug-likeness (QED) is 0.456. The fourth-order valence-corrected chi connectivity index (χ4v) is 3.71. The summed E-state index contributed by atoms with van der Waals surface area (Å²) < 4.78 is 1.86. The monoisotopic (exact) mass is 374 g/mol. The van der Waals surface area contributed by atoms with E-state index >= 15 is 0 Å². The highest BCUT2D eigenvalue weighted by molar-refractivity contribution is 7.99. The number of aromatic nitrogens is 4. The summed E-state index contributed by atoms with van der Waals surface area (Å²) >= 11 is 1.66. The molecule has 1 fully saturated rings. The normalized spacial score (nSPS) is 14.8. The van der Waals surface area contributed by atoms with E-state index in [1.165, 1.54) is 18.9 Å². The maximum atomic E-state index is 11.6. The van der Waals surface area contributed by atoms with E-state index in [1.807, 2.05) is 17.8 Å². The molecule has 26 heavy (non-hydrogen) atoms. The van der Waals surface area contributed by atoms with Crippen LogP contribution in [0.15, 0.2) is 23.5 Å². The molecule has 140 valence electrons. The number of nitrogens with one attached hydrogen (secondary N) is 1. The molecule has 0 unspecified atom stereocenters. The van der Waals surface area contributed by atoms with Crippen LogP contribution in [0.25, 0.3) is 11.0 Å². The van der Waals surface area contributed by atoms with Gasteiger partial charge in [0.1, 0.15) is 5.82 Å². The van der Waals surface area contributed by atoms with E-state index < -0.39 is 0 Å². The minimum atomic E-state index is -0.0904. The van der Waals surface area contributed by atoms with E-state index in [1.54, 1.807) is 17.8 Å². The van der Waals surface area contributed by atoms with Crippen molar-refractivity contribution in [3.05, 3.63) is 18.3 Å². The minimum Gasteiger partial charge on any atom is -0.356 e. The van der Waals surface area contributed by atoms with Gasteiger partial charge in [0.15, 0.2) is 10.8 Å². The Hall–Kier alpha value is -2.09. The largest absolute Gasteiger partial charge is 0.356 e. The summed E-state index contributed by atoms with van der Waals surface area (Å²) in [6.45, 7) is 9.25. The number of hydrogen-bond donors (Lipinski definition) is 1. The standard InChI is InChI=1S/C18H26N6OS/c1-4-7-15(25)19-8-11-24-17-14(12-20-24)16(23-9-5-6-10-23)21-18(22-17)26-13(2)3/h4,7,12-13H,5-6,8-11H2,1-3H3,(H,19,25)/b7-4-. The van der Waals surface area contributed by atoms with Crippen molar-refractivity contribution in [2.75, 3.05) is 24.5 Å². The Morgan fingerprint density at radius 3 is 2.81 bits per heavy atom. The zero-order chi connectivity index (χ0) is 18.5. The van der Waals surface area contributed by atoms with Gasteiger partial charge in [-0.25, -0.2) is 14.6 Å². The van der Waals surface area contributed by atoms with Crippen LogP contribution >= 0.6 is 11.8 Å². The smallest absolute Gasteiger partial charge is 0.243 e. The molecule has 7 nitrogen and oxygen atoms in total. The van der Waals surface area contributed by atoms with Gasteiger partial charge in [0.2, 0.25) is 5.91 Å². The lowest BCUT2D eigenvalue weighted by Gasteiger charge is -2.18. The third-order valence-electron chi connectivity index (χ3n) is 4.14. The fourth-order valence-electron chi connectivity index (χ4n) is 3.01. The van der Waals surface area contributed by atoms with Gasteiger partial charge in [0.25, 0.3) is 0 Å². The molecule has 1 saturated heterocycles. The number of nitrogens with zero attached hydrogens (tertiary/aromatic N) is 5. The molecule has 2 aromatic heterocycles. The molecule has 0 bridgehead atoms. The van der Waals surface area contributed by atoms with Crippen molar-refractivity contribution in [2.45, 2.75) is 50.6 Å². The Balaban J connectivity index is 1.87. The number of amides is 1. The highest BCUT2D eigenvalue weighted by Crippen LogP contribution is 2.30. The van der Waals surface area contributed by atoms with Gasteiger partial charge in [0.05, 0.1) is 18.1 Å². The van der Waals surface area contributed by atoms with Gasteiger partial charge in [-0.05, 0) is 25.8 Å². The number of carbonyl (C=O) groups excluding carboxylic acids is 1. The molecule has 3 rings (SSSR count). The van der Waals surface area contributed by atoms with Crippen LogP contribution in [0.5, 0.6) is 0 Å². The summed E-state index contributed by atoms with van der Waals surface area (Å²) in [4.78, 5) is 23.5. The first-order valence-electron chi connectivity index (χ1n) is 9.14. The summed E-state index contributed by atoms with van der Waals surface area (Å²) in [7, 11) is 0. The summed E-state index contributed by atoms with van der Waals surface area (Å²) in [6, 6.07) is 0. The molecule has 0 aliphatic carbocycles. The second kappa shape index (κ2) is 8.53. The van der Waals surface area contributed by atoms with Crippen molar-refractivity contribution in [3.8, 4) is 0 Å². The molecule has 2 aromatic rings. The molecule has 1 N–H and O–H groups in total. The number of rotatable bonds is 7. The molecule has 0 spiro atoms. The lowest BCUT2D eigenvalue weighted by molar-refractivity contribution is -0.116. The summed E-state index contributed by atoms with van der Waals surface area (Å²) in [6.07, 6.45) is 7.49. The minimum absolute atomic E-state index is 0.0904. The summed E-state index contributed by atoms with van der Waals surface area (Å²) in [5.74, 6) is 0.896. The van der Waals surface area contributed by atoms with Crippen LogP contribution in [-0.2, 0) is 11.3 Å². The molecule has 8 heteroatoms. The van der Waals surface area contributed by atoms with Crippen LogP contribution in [0.4, 0.5) is 5.82 Å². The van der Waals surface area contributed by atoms with Crippen LogP contribution in [0.3, 0.4) is 0 Å². The number of carbonyl (C=O) groups is 1. The van der Waals surface area contributed by atoms with Crippen LogP contribution in [-0.4, -0.2) is 50.5 Å². The van der Waals surface area contributed by atoms with E-state index in [2.05, 4.69) is 29.2 Å². The Kier molecular flexibility index (Phi) is 6.13.